The van der Waals surface area contributed by atoms with E-state index in [0.717, 1.165) is 45.3 Å². The number of nitrogens with zero attached hydrogens (tertiary/aromatic N) is 2. The van der Waals surface area contributed by atoms with Crippen molar-refractivity contribution in [3.05, 3.63) is 0 Å². The standard InChI is InChI=1S/C15H30N4O3S/c1-23(21,22)19-9-2-4-13(11-19)10-18-8-3-5-14(12-18)15(20)17-7-6-16/h13-14H,2-12,16H2,1H3,(H,17,20). The zero-order chi connectivity index (χ0) is 16.9. The third-order valence-electron chi connectivity index (χ3n) is 4.79. The summed E-state index contributed by atoms with van der Waals surface area (Å²) in [6.45, 7) is 4.89. The minimum absolute atomic E-state index is 0.0323. The zero-order valence-corrected chi connectivity index (χ0v) is 14.9. The Morgan fingerprint density at radius 2 is 1.96 bits per heavy atom. The number of likely N-dealkylation sites (tertiary alicyclic amines) is 1. The number of nitrogens with one attached hydrogen (secondary N) is 1. The summed E-state index contributed by atoms with van der Waals surface area (Å²) in [5.74, 6) is 0.496. The molecule has 2 unspecified atom stereocenters. The van der Waals surface area contributed by atoms with Gasteiger partial charge in [-0.2, -0.15) is 0 Å². The first-order valence-corrected chi connectivity index (χ1v) is 10.4. The Bertz CT molecular complexity index is 497. The van der Waals surface area contributed by atoms with Crippen LogP contribution in [0.4, 0.5) is 0 Å². The van der Waals surface area contributed by atoms with E-state index in [1.54, 1.807) is 4.31 Å². The molecule has 0 bridgehead atoms. The van der Waals surface area contributed by atoms with Gasteiger partial charge in [-0.1, -0.05) is 0 Å². The minimum Gasteiger partial charge on any atom is -0.355 e. The summed E-state index contributed by atoms with van der Waals surface area (Å²) in [5.41, 5.74) is 5.43. The molecule has 0 aromatic rings. The first-order chi connectivity index (χ1) is 10.9. The van der Waals surface area contributed by atoms with Crippen molar-refractivity contribution in [3.8, 4) is 0 Å². The van der Waals surface area contributed by atoms with Gasteiger partial charge in [-0.15, -0.1) is 0 Å². The van der Waals surface area contributed by atoms with Crippen LogP contribution in [-0.2, 0) is 14.8 Å². The fraction of sp³-hybridized carbons (Fsp3) is 0.933. The molecule has 2 aliphatic heterocycles. The van der Waals surface area contributed by atoms with Crippen LogP contribution in [0, 0.1) is 11.8 Å². The van der Waals surface area contributed by atoms with Crippen molar-refractivity contribution in [1.82, 2.24) is 14.5 Å². The van der Waals surface area contributed by atoms with E-state index in [4.69, 9.17) is 5.73 Å². The van der Waals surface area contributed by atoms with Crippen molar-refractivity contribution >= 4 is 15.9 Å². The molecule has 0 radical (unpaired) electrons. The number of rotatable bonds is 6. The molecular formula is C15H30N4O3S. The average molecular weight is 346 g/mol. The van der Waals surface area contributed by atoms with E-state index in [2.05, 4.69) is 10.2 Å². The monoisotopic (exact) mass is 346 g/mol. The van der Waals surface area contributed by atoms with Gasteiger partial charge in [0.05, 0.1) is 12.2 Å². The van der Waals surface area contributed by atoms with E-state index in [1.807, 2.05) is 0 Å². The molecule has 0 aliphatic carbocycles. The molecule has 0 aromatic carbocycles. The van der Waals surface area contributed by atoms with E-state index in [-0.39, 0.29) is 11.8 Å². The Balaban J connectivity index is 1.84. The van der Waals surface area contributed by atoms with Gasteiger partial charge < -0.3 is 16.0 Å². The molecule has 0 spiro atoms. The summed E-state index contributed by atoms with van der Waals surface area (Å²) in [6.07, 6.45) is 5.21. The molecule has 7 nitrogen and oxygen atoms in total. The molecule has 134 valence electrons. The van der Waals surface area contributed by atoms with Crippen LogP contribution in [-0.4, -0.2) is 75.6 Å². The molecule has 2 heterocycles. The number of sulfonamides is 1. The summed E-state index contributed by atoms with van der Waals surface area (Å²) >= 11 is 0. The summed E-state index contributed by atoms with van der Waals surface area (Å²) in [7, 11) is -3.10. The second kappa shape index (κ2) is 8.41. The van der Waals surface area contributed by atoms with Crippen molar-refractivity contribution in [2.24, 2.45) is 17.6 Å². The third-order valence-corrected chi connectivity index (χ3v) is 6.06. The lowest BCUT2D eigenvalue weighted by Crippen LogP contribution is -2.48. The highest BCUT2D eigenvalue weighted by atomic mass is 32.2. The Morgan fingerprint density at radius 3 is 2.65 bits per heavy atom. The minimum atomic E-state index is -3.10. The van der Waals surface area contributed by atoms with Gasteiger partial charge in [-0.3, -0.25) is 4.79 Å². The van der Waals surface area contributed by atoms with Gasteiger partial charge in [0.15, 0.2) is 0 Å². The fourth-order valence-electron chi connectivity index (χ4n) is 3.62. The molecule has 1 amide bonds. The SMILES string of the molecule is CS(=O)(=O)N1CCCC(CN2CCCC(C(=O)NCCN)C2)C1. The molecule has 2 fully saturated rings. The highest BCUT2D eigenvalue weighted by molar-refractivity contribution is 7.88. The van der Waals surface area contributed by atoms with Gasteiger partial charge in [-0.05, 0) is 38.1 Å². The number of amides is 1. The van der Waals surface area contributed by atoms with Gasteiger partial charge in [0, 0.05) is 39.3 Å². The largest absolute Gasteiger partial charge is 0.355 e. The van der Waals surface area contributed by atoms with E-state index < -0.39 is 10.0 Å². The van der Waals surface area contributed by atoms with Crippen molar-refractivity contribution in [3.63, 3.8) is 0 Å². The molecular weight excluding hydrogens is 316 g/mol. The normalized spacial score (nSPS) is 27.7. The van der Waals surface area contributed by atoms with E-state index in [1.165, 1.54) is 6.26 Å². The Kier molecular flexibility index (Phi) is 6.82. The maximum atomic E-state index is 12.1. The highest BCUT2D eigenvalue weighted by Gasteiger charge is 2.30. The molecule has 8 heteroatoms. The maximum Gasteiger partial charge on any atom is 0.224 e. The van der Waals surface area contributed by atoms with Crippen molar-refractivity contribution < 1.29 is 13.2 Å². The summed E-state index contributed by atoms with van der Waals surface area (Å²) in [4.78, 5) is 14.4. The maximum absolute atomic E-state index is 12.1. The summed E-state index contributed by atoms with van der Waals surface area (Å²) in [6, 6.07) is 0. The lowest BCUT2D eigenvalue weighted by Gasteiger charge is -2.37. The predicted molar refractivity (Wildman–Crippen MR) is 90.4 cm³/mol. The molecule has 2 atom stereocenters. The first kappa shape index (κ1) is 18.6. The van der Waals surface area contributed by atoms with Crippen LogP contribution < -0.4 is 11.1 Å². The average Bonchev–Trinajstić information content (AvgIpc) is 2.52. The fourth-order valence-corrected chi connectivity index (χ4v) is 4.56. The molecule has 2 rings (SSSR count). The molecule has 3 N–H and O–H groups in total. The van der Waals surface area contributed by atoms with Crippen LogP contribution in [0.1, 0.15) is 25.7 Å². The lowest BCUT2D eigenvalue weighted by molar-refractivity contribution is -0.126. The van der Waals surface area contributed by atoms with E-state index >= 15 is 0 Å². The van der Waals surface area contributed by atoms with Crippen molar-refractivity contribution in [2.75, 3.05) is 52.1 Å². The van der Waals surface area contributed by atoms with Crippen LogP contribution in [0.2, 0.25) is 0 Å². The van der Waals surface area contributed by atoms with Crippen molar-refractivity contribution in [2.45, 2.75) is 25.7 Å². The molecule has 0 saturated carbocycles. The number of nitrogens with two attached hydrogens (primary N) is 1. The van der Waals surface area contributed by atoms with Crippen LogP contribution >= 0.6 is 0 Å². The van der Waals surface area contributed by atoms with E-state index in [0.29, 0.717) is 32.1 Å². The van der Waals surface area contributed by atoms with Gasteiger partial charge >= 0.3 is 0 Å². The number of carbonyl (C=O) groups is 1. The summed E-state index contributed by atoms with van der Waals surface area (Å²) < 4.78 is 25.0. The molecule has 0 aromatic heterocycles. The van der Waals surface area contributed by atoms with Crippen molar-refractivity contribution in [1.29, 1.82) is 0 Å². The molecule has 23 heavy (non-hydrogen) atoms. The van der Waals surface area contributed by atoms with Crippen LogP contribution in [0.3, 0.4) is 0 Å². The van der Waals surface area contributed by atoms with Gasteiger partial charge in [-0.25, -0.2) is 12.7 Å². The first-order valence-electron chi connectivity index (χ1n) is 8.55. The Labute approximate surface area is 139 Å². The predicted octanol–water partition coefficient (Wildman–Crippen LogP) is -0.555. The Morgan fingerprint density at radius 1 is 1.22 bits per heavy atom. The van der Waals surface area contributed by atoms with E-state index in [9.17, 15) is 13.2 Å². The number of carbonyl (C=O) groups excluding carboxylic acids is 1. The lowest BCUT2D eigenvalue weighted by atomic mass is 9.94. The van der Waals surface area contributed by atoms with Crippen LogP contribution in [0.25, 0.3) is 0 Å². The quantitative estimate of drug-likeness (QED) is 0.672. The van der Waals surface area contributed by atoms with Gasteiger partial charge in [0.1, 0.15) is 0 Å². The van der Waals surface area contributed by atoms with Crippen LogP contribution in [0.15, 0.2) is 0 Å². The second-order valence-electron chi connectivity index (χ2n) is 6.81. The number of hydrogen-bond donors (Lipinski definition) is 2. The molecule has 2 saturated heterocycles. The zero-order valence-electron chi connectivity index (χ0n) is 14.0. The van der Waals surface area contributed by atoms with Gasteiger partial charge in [0.25, 0.3) is 0 Å². The number of piperidine rings is 2. The smallest absolute Gasteiger partial charge is 0.224 e. The summed E-state index contributed by atoms with van der Waals surface area (Å²) in [5, 5.41) is 2.88. The van der Waals surface area contributed by atoms with Gasteiger partial charge in [0.2, 0.25) is 15.9 Å². The highest BCUT2D eigenvalue weighted by Crippen LogP contribution is 2.23. The Hall–Kier alpha value is -0.700. The topological polar surface area (TPSA) is 95.7 Å². The second-order valence-corrected chi connectivity index (χ2v) is 8.79. The third kappa shape index (κ3) is 5.70. The molecule has 2 aliphatic rings. The van der Waals surface area contributed by atoms with Crippen LogP contribution in [0.5, 0.6) is 0 Å². The number of hydrogen-bond acceptors (Lipinski definition) is 5.